The number of nitrogens with two attached hydrogens (primary N) is 1. The molecule has 5 nitrogen and oxygen atoms in total. The first-order valence-corrected chi connectivity index (χ1v) is 9.43. The average molecular weight is 362 g/mol. The highest BCUT2D eigenvalue weighted by molar-refractivity contribution is 7.86. The van der Waals surface area contributed by atoms with Crippen LogP contribution in [0, 0.1) is 5.92 Å². The van der Waals surface area contributed by atoms with Crippen molar-refractivity contribution < 1.29 is 8.42 Å². The van der Waals surface area contributed by atoms with Gasteiger partial charge in [-0.25, -0.2) is 0 Å². The molecule has 1 saturated heterocycles. The van der Waals surface area contributed by atoms with Gasteiger partial charge in [-0.05, 0) is 37.3 Å². The van der Waals surface area contributed by atoms with Crippen LogP contribution in [0.5, 0.6) is 0 Å². The monoisotopic (exact) mass is 361 g/mol. The van der Waals surface area contributed by atoms with E-state index in [4.69, 9.17) is 5.73 Å². The van der Waals surface area contributed by atoms with Crippen molar-refractivity contribution in [2.75, 3.05) is 26.2 Å². The van der Waals surface area contributed by atoms with Gasteiger partial charge >= 0.3 is 0 Å². The third kappa shape index (κ3) is 5.72. The molecule has 1 aromatic carbocycles. The van der Waals surface area contributed by atoms with Gasteiger partial charge in [0.2, 0.25) is 0 Å². The number of nitrogens with zero attached hydrogens (tertiary/aromatic N) is 2. The third-order valence-corrected chi connectivity index (χ3v) is 6.03. The van der Waals surface area contributed by atoms with E-state index in [1.165, 1.54) is 0 Å². The zero-order valence-electron chi connectivity index (χ0n) is 13.7. The van der Waals surface area contributed by atoms with E-state index in [1.54, 1.807) is 8.61 Å². The summed E-state index contributed by atoms with van der Waals surface area (Å²) < 4.78 is 29.1. The number of halogens is 1. The minimum atomic E-state index is -3.42. The Hall–Kier alpha value is -0.660. The fraction of sp³-hybridized carbons (Fsp3) is 0.625. The van der Waals surface area contributed by atoms with Crippen LogP contribution in [0.25, 0.3) is 0 Å². The molecule has 2 N–H and O–H groups in total. The quantitative estimate of drug-likeness (QED) is 0.809. The Morgan fingerprint density at radius 3 is 2.61 bits per heavy atom. The molecule has 1 heterocycles. The molecule has 0 saturated carbocycles. The molecule has 132 valence electrons. The van der Waals surface area contributed by atoms with Gasteiger partial charge in [-0.15, -0.1) is 12.4 Å². The van der Waals surface area contributed by atoms with E-state index < -0.39 is 10.2 Å². The van der Waals surface area contributed by atoms with Gasteiger partial charge in [0.25, 0.3) is 10.2 Å². The maximum absolute atomic E-state index is 13.0. The summed E-state index contributed by atoms with van der Waals surface area (Å²) in [5, 5.41) is 0. The summed E-state index contributed by atoms with van der Waals surface area (Å²) >= 11 is 0. The van der Waals surface area contributed by atoms with E-state index in [-0.39, 0.29) is 12.4 Å². The van der Waals surface area contributed by atoms with Crippen LogP contribution in [-0.2, 0) is 16.8 Å². The van der Waals surface area contributed by atoms with Crippen molar-refractivity contribution in [2.24, 2.45) is 11.7 Å². The van der Waals surface area contributed by atoms with E-state index in [9.17, 15) is 8.42 Å². The summed E-state index contributed by atoms with van der Waals surface area (Å²) in [5.74, 6) is 0.427. The van der Waals surface area contributed by atoms with Crippen LogP contribution in [0.15, 0.2) is 30.3 Å². The second kappa shape index (κ2) is 9.59. The number of benzene rings is 1. The molecule has 1 unspecified atom stereocenters. The summed E-state index contributed by atoms with van der Waals surface area (Å²) in [6.07, 6.45) is 2.72. The molecule has 0 radical (unpaired) electrons. The van der Waals surface area contributed by atoms with E-state index in [2.05, 4.69) is 6.92 Å². The van der Waals surface area contributed by atoms with Crippen molar-refractivity contribution in [1.82, 2.24) is 8.61 Å². The Morgan fingerprint density at radius 1 is 1.30 bits per heavy atom. The SMILES string of the molecule is CC1CCCN(S(=O)(=O)N(CCCN)Cc2ccccc2)C1.Cl. The first-order chi connectivity index (χ1) is 10.5. The van der Waals surface area contributed by atoms with Crippen molar-refractivity contribution >= 4 is 22.6 Å². The number of rotatable bonds is 7. The fourth-order valence-corrected chi connectivity index (χ4v) is 4.65. The van der Waals surface area contributed by atoms with Crippen LogP contribution in [0.1, 0.15) is 31.7 Å². The smallest absolute Gasteiger partial charge is 0.282 e. The van der Waals surface area contributed by atoms with Crippen LogP contribution in [0.4, 0.5) is 0 Å². The molecular weight excluding hydrogens is 334 g/mol. The molecule has 0 aromatic heterocycles. The Balaban J connectivity index is 0.00000264. The predicted octanol–water partition coefficient (Wildman–Crippen LogP) is 2.24. The lowest BCUT2D eigenvalue weighted by molar-refractivity contribution is 0.255. The topological polar surface area (TPSA) is 66.6 Å². The summed E-state index contributed by atoms with van der Waals surface area (Å²) in [6, 6.07) is 9.74. The van der Waals surface area contributed by atoms with Gasteiger partial charge in [0.1, 0.15) is 0 Å². The van der Waals surface area contributed by atoms with Crippen molar-refractivity contribution in [3.63, 3.8) is 0 Å². The molecule has 1 aliphatic heterocycles. The highest BCUT2D eigenvalue weighted by atomic mass is 35.5. The lowest BCUT2D eigenvalue weighted by atomic mass is 10.0. The maximum atomic E-state index is 13.0. The fourth-order valence-electron chi connectivity index (χ4n) is 2.85. The standard InChI is InChI=1S/C16H27N3O2S.ClH/c1-15-7-5-11-18(13-15)22(20,21)19(12-6-10-17)14-16-8-3-2-4-9-16;/h2-4,8-9,15H,5-7,10-14,17H2,1H3;1H. The van der Waals surface area contributed by atoms with Gasteiger partial charge in [0.15, 0.2) is 0 Å². The van der Waals surface area contributed by atoms with Gasteiger partial charge in [0, 0.05) is 26.2 Å². The van der Waals surface area contributed by atoms with Gasteiger partial charge in [-0.1, -0.05) is 37.3 Å². The Morgan fingerprint density at radius 2 is 2.00 bits per heavy atom. The molecule has 2 rings (SSSR count). The first-order valence-electron chi connectivity index (χ1n) is 8.03. The van der Waals surface area contributed by atoms with Crippen molar-refractivity contribution in [2.45, 2.75) is 32.7 Å². The number of hydrogen-bond donors (Lipinski definition) is 1. The van der Waals surface area contributed by atoms with E-state index in [0.29, 0.717) is 45.1 Å². The summed E-state index contributed by atoms with van der Waals surface area (Å²) in [5.41, 5.74) is 6.59. The van der Waals surface area contributed by atoms with Crippen LogP contribution in [-0.4, -0.2) is 43.2 Å². The second-order valence-electron chi connectivity index (χ2n) is 6.07. The zero-order chi connectivity index (χ0) is 16.0. The van der Waals surface area contributed by atoms with Gasteiger partial charge in [-0.3, -0.25) is 0 Å². The molecule has 1 fully saturated rings. The van der Waals surface area contributed by atoms with E-state index >= 15 is 0 Å². The lowest BCUT2D eigenvalue weighted by Gasteiger charge is -2.34. The molecule has 0 spiro atoms. The largest absolute Gasteiger partial charge is 0.330 e. The first kappa shape index (κ1) is 20.4. The van der Waals surface area contributed by atoms with Crippen molar-refractivity contribution in [3.05, 3.63) is 35.9 Å². The van der Waals surface area contributed by atoms with Gasteiger partial charge in [-0.2, -0.15) is 17.0 Å². The molecule has 1 aromatic rings. The highest BCUT2D eigenvalue weighted by Gasteiger charge is 2.32. The molecule has 23 heavy (non-hydrogen) atoms. The Bertz CT molecular complexity index is 554. The van der Waals surface area contributed by atoms with Crippen LogP contribution in [0.3, 0.4) is 0 Å². The number of piperidine rings is 1. The second-order valence-corrected chi connectivity index (χ2v) is 8.00. The molecule has 0 bridgehead atoms. The lowest BCUT2D eigenvalue weighted by Crippen LogP contribution is -2.47. The Labute approximate surface area is 146 Å². The molecule has 1 aliphatic rings. The summed E-state index contributed by atoms with van der Waals surface area (Å²) in [4.78, 5) is 0. The normalized spacial score (nSPS) is 19.5. The zero-order valence-corrected chi connectivity index (χ0v) is 15.4. The van der Waals surface area contributed by atoms with E-state index in [0.717, 1.165) is 18.4 Å². The van der Waals surface area contributed by atoms with Gasteiger partial charge < -0.3 is 5.73 Å². The maximum Gasteiger partial charge on any atom is 0.282 e. The van der Waals surface area contributed by atoms with Crippen molar-refractivity contribution in [1.29, 1.82) is 0 Å². The van der Waals surface area contributed by atoms with Crippen LogP contribution >= 0.6 is 12.4 Å². The molecule has 1 atom stereocenters. The third-order valence-electron chi connectivity index (χ3n) is 4.09. The average Bonchev–Trinajstić information content (AvgIpc) is 2.52. The summed E-state index contributed by atoms with van der Waals surface area (Å²) in [6.45, 7) is 4.74. The molecular formula is C16H28ClN3O2S. The minimum absolute atomic E-state index is 0. The van der Waals surface area contributed by atoms with E-state index in [1.807, 2.05) is 30.3 Å². The molecule has 0 amide bonds. The summed E-state index contributed by atoms with van der Waals surface area (Å²) in [7, 11) is -3.42. The molecule has 0 aliphatic carbocycles. The van der Waals surface area contributed by atoms with Crippen LogP contribution < -0.4 is 5.73 Å². The van der Waals surface area contributed by atoms with Gasteiger partial charge in [0.05, 0.1) is 0 Å². The predicted molar refractivity (Wildman–Crippen MR) is 96.7 cm³/mol. The molecule has 7 heteroatoms. The van der Waals surface area contributed by atoms with Crippen molar-refractivity contribution in [3.8, 4) is 0 Å². The Kier molecular flexibility index (Phi) is 8.50. The highest BCUT2D eigenvalue weighted by Crippen LogP contribution is 2.22. The minimum Gasteiger partial charge on any atom is -0.330 e. The van der Waals surface area contributed by atoms with Crippen LogP contribution in [0.2, 0.25) is 0 Å². The number of hydrogen-bond acceptors (Lipinski definition) is 3.